The molecule has 4 rings (SSSR count). The van der Waals surface area contributed by atoms with E-state index in [0.717, 1.165) is 25.6 Å². The molecule has 16 heteroatoms. The number of fused-ring (bicyclic) bond motifs is 1. The van der Waals surface area contributed by atoms with Crippen LogP contribution in [0, 0.1) is 11.6 Å². The number of phosphoric acid groups is 1. The average molecular weight is 558 g/mol. The molecule has 1 heterocycles. The summed E-state index contributed by atoms with van der Waals surface area (Å²) in [4.78, 5) is 38.8. The molecular formula is C21H19ClF2N5O7P. The number of amides is 2. The van der Waals surface area contributed by atoms with Crippen LogP contribution in [0.1, 0.15) is 39.8 Å². The van der Waals surface area contributed by atoms with E-state index in [-0.39, 0.29) is 27.7 Å². The SMILES string of the molecule is COP(=O)(O)On1cnc(COC(=O)NC2CCc3c(C(=O)Nc4ccc(F)c(Cl)c4)ccc(F)c32)n1. The van der Waals surface area contributed by atoms with Crippen LogP contribution in [0.3, 0.4) is 0 Å². The number of halogens is 3. The van der Waals surface area contributed by atoms with E-state index < -0.39 is 44.1 Å². The largest absolute Gasteiger partial charge is 0.547 e. The standard InChI is InChI=1S/C21H19ClF2N5O7P/c1-34-37(32,33)36-29-10-25-18(28-29)9-35-21(31)27-17-7-4-12-13(3-6-16(24)19(12)17)20(30)26-11-2-5-15(23)14(22)8-11/h2-3,5-6,8,10,17H,4,7,9H2,1H3,(H,26,30)(H,27,31)(H,32,33). The van der Waals surface area contributed by atoms with E-state index in [1.54, 1.807) is 0 Å². The maximum atomic E-state index is 14.7. The number of nitrogens with one attached hydrogen (secondary N) is 2. The Bertz CT molecular complexity index is 1410. The molecule has 37 heavy (non-hydrogen) atoms. The lowest BCUT2D eigenvalue weighted by atomic mass is 10.0. The molecule has 3 N–H and O–H groups in total. The van der Waals surface area contributed by atoms with Crippen molar-refractivity contribution >= 4 is 37.1 Å². The van der Waals surface area contributed by atoms with Crippen molar-refractivity contribution in [2.45, 2.75) is 25.5 Å². The topological polar surface area (TPSA) is 154 Å². The molecule has 2 atom stereocenters. The molecule has 0 aliphatic heterocycles. The van der Waals surface area contributed by atoms with Crippen LogP contribution < -0.4 is 15.3 Å². The number of benzene rings is 2. The molecule has 3 aromatic rings. The minimum absolute atomic E-state index is 0.0518. The number of anilines is 1. The molecule has 0 spiro atoms. The number of phosphoric ester groups is 1. The lowest BCUT2D eigenvalue weighted by Crippen LogP contribution is -2.28. The second-order valence-electron chi connectivity index (χ2n) is 7.68. The Kier molecular flexibility index (Phi) is 7.73. The van der Waals surface area contributed by atoms with Gasteiger partial charge in [-0.3, -0.25) is 18.8 Å². The maximum Gasteiger partial charge on any atom is 0.547 e. The molecule has 2 unspecified atom stereocenters. The number of hydrogen-bond donors (Lipinski definition) is 3. The van der Waals surface area contributed by atoms with Gasteiger partial charge in [-0.2, -0.15) is 0 Å². The molecule has 0 radical (unpaired) electrons. The van der Waals surface area contributed by atoms with Gasteiger partial charge >= 0.3 is 13.9 Å². The Morgan fingerprint density at radius 3 is 2.76 bits per heavy atom. The summed E-state index contributed by atoms with van der Waals surface area (Å²) in [6, 6.07) is 5.37. The van der Waals surface area contributed by atoms with Gasteiger partial charge in [-0.25, -0.2) is 23.1 Å². The summed E-state index contributed by atoms with van der Waals surface area (Å²) in [5.74, 6) is -1.85. The maximum absolute atomic E-state index is 14.7. The van der Waals surface area contributed by atoms with Crippen LogP contribution in [0.2, 0.25) is 5.02 Å². The Morgan fingerprint density at radius 1 is 1.27 bits per heavy atom. The smallest absolute Gasteiger partial charge is 0.441 e. The predicted molar refractivity (Wildman–Crippen MR) is 124 cm³/mol. The third kappa shape index (κ3) is 6.23. The van der Waals surface area contributed by atoms with Crippen LogP contribution in [-0.4, -0.2) is 38.9 Å². The molecule has 1 aliphatic rings. The Balaban J connectivity index is 1.40. The van der Waals surface area contributed by atoms with E-state index >= 15 is 0 Å². The van der Waals surface area contributed by atoms with Crippen LogP contribution in [0.15, 0.2) is 36.7 Å². The first-order valence-corrected chi connectivity index (χ1v) is 12.4. The van der Waals surface area contributed by atoms with Crippen LogP contribution in [0.25, 0.3) is 0 Å². The van der Waals surface area contributed by atoms with Crippen molar-refractivity contribution in [3.63, 3.8) is 0 Å². The van der Waals surface area contributed by atoms with Gasteiger partial charge in [0.15, 0.2) is 18.8 Å². The predicted octanol–water partition coefficient (Wildman–Crippen LogP) is 3.55. The fourth-order valence-corrected chi connectivity index (χ4v) is 4.22. The number of carbonyl (C=O) groups excluding carboxylic acids is 2. The molecule has 0 bridgehead atoms. The monoisotopic (exact) mass is 557 g/mol. The zero-order chi connectivity index (χ0) is 26.7. The summed E-state index contributed by atoms with van der Waals surface area (Å²) >= 11 is 5.75. The zero-order valence-electron chi connectivity index (χ0n) is 19.0. The van der Waals surface area contributed by atoms with Gasteiger partial charge in [-0.1, -0.05) is 16.4 Å². The zero-order valence-corrected chi connectivity index (χ0v) is 20.6. The highest BCUT2D eigenvalue weighted by Crippen LogP contribution is 2.38. The van der Waals surface area contributed by atoms with Gasteiger partial charge in [-0.05, 0) is 48.7 Å². The molecule has 0 fully saturated rings. The summed E-state index contributed by atoms with van der Waals surface area (Å²) in [5, 5.41) is 8.68. The number of hydrogen-bond acceptors (Lipinski definition) is 8. The lowest BCUT2D eigenvalue weighted by molar-refractivity contribution is 0.102. The van der Waals surface area contributed by atoms with Gasteiger partial charge in [0.1, 0.15) is 11.6 Å². The van der Waals surface area contributed by atoms with Gasteiger partial charge in [0, 0.05) is 23.9 Å². The minimum Gasteiger partial charge on any atom is -0.441 e. The number of ether oxygens (including phenoxy) is 1. The number of alkyl carbamates (subject to hydrolysis) is 1. The highest BCUT2D eigenvalue weighted by molar-refractivity contribution is 7.47. The van der Waals surface area contributed by atoms with Crippen molar-refractivity contribution in [2.75, 3.05) is 12.4 Å². The van der Waals surface area contributed by atoms with E-state index in [1.165, 1.54) is 18.2 Å². The minimum atomic E-state index is -4.36. The van der Waals surface area contributed by atoms with Crippen LogP contribution in [0.4, 0.5) is 19.3 Å². The van der Waals surface area contributed by atoms with Gasteiger partial charge in [0.05, 0.1) is 11.1 Å². The second kappa shape index (κ2) is 10.8. The molecule has 0 saturated carbocycles. The summed E-state index contributed by atoms with van der Waals surface area (Å²) < 4.78 is 53.3. The number of rotatable bonds is 8. The molecule has 1 aromatic heterocycles. The molecular weight excluding hydrogens is 539 g/mol. The quantitative estimate of drug-likeness (QED) is 0.353. The van der Waals surface area contributed by atoms with Crippen molar-refractivity contribution in [1.82, 2.24) is 20.2 Å². The van der Waals surface area contributed by atoms with Crippen molar-refractivity contribution in [2.24, 2.45) is 0 Å². The van der Waals surface area contributed by atoms with Crippen LogP contribution in [0.5, 0.6) is 0 Å². The first-order chi connectivity index (χ1) is 17.6. The van der Waals surface area contributed by atoms with E-state index in [1.807, 2.05) is 0 Å². The van der Waals surface area contributed by atoms with Crippen molar-refractivity contribution in [3.8, 4) is 0 Å². The second-order valence-corrected chi connectivity index (χ2v) is 9.55. The Hall–Kier alpha value is -3.58. The van der Waals surface area contributed by atoms with Crippen LogP contribution >= 0.6 is 19.4 Å². The number of aromatic nitrogens is 3. The average Bonchev–Trinajstić information content (AvgIpc) is 3.47. The first-order valence-electron chi connectivity index (χ1n) is 10.6. The van der Waals surface area contributed by atoms with E-state index in [0.29, 0.717) is 23.3 Å². The van der Waals surface area contributed by atoms with E-state index in [9.17, 15) is 27.8 Å². The van der Waals surface area contributed by atoms with E-state index in [2.05, 4.69) is 29.9 Å². The molecule has 2 aromatic carbocycles. The highest BCUT2D eigenvalue weighted by atomic mass is 35.5. The molecule has 12 nitrogen and oxygen atoms in total. The van der Waals surface area contributed by atoms with Crippen molar-refractivity contribution in [3.05, 3.63) is 75.8 Å². The van der Waals surface area contributed by atoms with Gasteiger partial charge in [0.25, 0.3) is 5.91 Å². The van der Waals surface area contributed by atoms with Crippen molar-refractivity contribution < 1.29 is 41.7 Å². The molecule has 1 aliphatic carbocycles. The molecule has 2 amide bonds. The number of nitrogens with zero attached hydrogens (tertiary/aromatic N) is 3. The third-order valence-electron chi connectivity index (χ3n) is 5.32. The molecule has 0 saturated heterocycles. The Labute approximate surface area is 213 Å². The van der Waals surface area contributed by atoms with Gasteiger partial charge < -0.3 is 15.4 Å². The highest BCUT2D eigenvalue weighted by Gasteiger charge is 2.31. The third-order valence-corrected chi connectivity index (χ3v) is 6.44. The van der Waals surface area contributed by atoms with Gasteiger partial charge in [0.2, 0.25) is 0 Å². The fraction of sp³-hybridized carbons (Fsp3) is 0.238. The summed E-state index contributed by atoms with van der Waals surface area (Å²) in [6.45, 7) is -0.421. The van der Waals surface area contributed by atoms with Crippen molar-refractivity contribution in [1.29, 1.82) is 0 Å². The number of carbonyl (C=O) groups is 2. The lowest BCUT2D eigenvalue weighted by Gasteiger charge is -2.16. The van der Waals surface area contributed by atoms with Gasteiger partial charge in [-0.15, -0.1) is 5.10 Å². The van der Waals surface area contributed by atoms with Crippen LogP contribution in [-0.2, 0) is 26.9 Å². The van der Waals surface area contributed by atoms with E-state index in [4.69, 9.17) is 16.3 Å². The first kappa shape index (κ1) is 26.5. The fourth-order valence-electron chi connectivity index (χ4n) is 3.68. The summed E-state index contributed by atoms with van der Waals surface area (Å²) in [5.41, 5.74) is 1.02. The molecule has 196 valence electrons. The summed E-state index contributed by atoms with van der Waals surface area (Å²) in [6.07, 6.45) is 0.662. The Morgan fingerprint density at radius 2 is 2.03 bits per heavy atom. The summed E-state index contributed by atoms with van der Waals surface area (Å²) in [7, 11) is -3.39. The normalized spacial score (nSPS) is 16.0.